The zero-order valence-electron chi connectivity index (χ0n) is 11.8. The van der Waals surface area contributed by atoms with Gasteiger partial charge >= 0.3 is 0 Å². The largest absolute Gasteiger partial charge is 0.454 e. The number of benzene rings is 2. The second-order valence-corrected chi connectivity index (χ2v) is 5.99. The molecule has 2 aromatic carbocycles. The van der Waals surface area contributed by atoms with Crippen LogP contribution >= 0.6 is 11.3 Å². The van der Waals surface area contributed by atoms with Crippen LogP contribution in [0.15, 0.2) is 36.4 Å². The van der Waals surface area contributed by atoms with Crippen molar-refractivity contribution < 1.29 is 14.3 Å². The van der Waals surface area contributed by atoms with E-state index in [9.17, 15) is 4.79 Å². The maximum absolute atomic E-state index is 12.3. The van der Waals surface area contributed by atoms with Crippen molar-refractivity contribution in [2.75, 3.05) is 12.1 Å². The molecule has 0 atom stereocenters. The van der Waals surface area contributed by atoms with Crippen LogP contribution < -0.4 is 14.8 Å². The van der Waals surface area contributed by atoms with Crippen molar-refractivity contribution in [2.45, 2.75) is 6.92 Å². The van der Waals surface area contributed by atoms with Gasteiger partial charge in [0.05, 0.1) is 10.2 Å². The summed E-state index contributed by atoms with van der Waals surface area (Å²) in [6.07, 6.45) is 0. The summed E-state index contributed by atoms with van der Waals surface area (Å²) >= 11 is 1.41. The van der Waals surface area contributed by atoms with E-state index in [1.807, 2.05) is 37.3 Å². The van der Waals surface area contributed by atoms with Gasteiger partial charge in [0.1, 0.15) is 0 Å². The summed E-state index contributed by atoms with van der Waals surface area (Å²) in [5, 5.41) is 3.41. The fourth-order valence-electron chi connectivity index (χ4n) is 2.36. The summed E-state index contributed by atoms with van der Waals surface area (Å²) in [6.45, 7) is 2.15. The van der Waals surface area contributed by atoms with E-state index in [1.54, 1.807) is 6.07 Å². The highest BCUT2D eigenvalue weighted by Gasteiger charge is 2.17. The van der Waals surface area contributed by atoms with Gasteiger partial charge in [-0.2, -0.15) is 0 Å². The summed E-state index contributed by atoms with van der Waals surface area (Å²) in [7, 11) is 0. The molecule has 4 rings (SSSR count). The quantitative estimate of drug-likeness (QED) is 0.785. The SMILES string of the molecule is Cc1ccccc1C(=O)Nc1nc2cc3c(cc2s1)OCO3. The molecule has 1 aliphatic rings. The number of aryl methyl sites for hydroxylation is 1. The lowest BCUT2D eigenvalue weighted by atomic mass is 10.1. The number of hydrogen-bond acceptors (Lipinski definition) is 5. The van der Waals surface area contributed by atoms with E-state index in [-0.39, 0.29) is 12.7 Å². The van der Waals surface area contributed by atoms with Crippen LogP contribution in [0.4, 0.5) is 5.13 Å². The molecular weight excluding hydrogens is 300 g/mol. The molecule has 0 radical (unpaired) electrons. The van der Waals surface area contributed by atoms with Crippen LogP contribution in [0.1, 0.15) is 15.9 Å². The molecular formula is C16H12N2O3S. The fourth-order valence-corrected chi connectivity index (χ4v) is 3.23. The Morgan fingerprint density at radius 2 is 2.00 bits per heavy atom. The molecule has 1 amide bonds. The minimum Gasteiger partial charge on any atom is -0.454 e. The van der Waals surface area contributed by atoms with Crippen molar-refractivity contribution in [1.29, 1.82) is 0 Å². The Labute approximate surface area is 130 Å². The van der Waals surface area contributed by atoms with Crippen molar-refractivity contribution in [3.63, 3.8) is 0 Å². The summed E-state index contributed by atoms with van der Waals surface area (Å²) in [4.78, 5) is 16.8. The molecule has 5 nitrogen and oxygen atoms in total. The maximum atomic E-state index is 12.3. The predicted octanol–water partition coefficient (Wildman–Crippen LogP) is 3.59. The molecule has 0 unspecified atom stereocenters. The lowest BCUT2D eigenvalue weighted by molar-refractivity contribution is 0.102. The van der Waals surface area contributed by atoms with Gasteiger partial charge in [-0.15, -0.1) is 0 Å². The van der Waals surface area contributed by atoms with Crippen LogP contribution in [-0.4, -0.2) is 17.7 Å². The number of fused-ring (bicyclic) bond motifs is 2. The Bertz CT molecular complexity index is 847. The minimum absolute atomic E-state index is 0.155. The van der Waals surface area contributed by atoms with Crippen LogP contribution in [0, 0.1) is 6.92 Å². The lowest BCUT2D eigenvalue weighted by Crippen LogP contribution is -2.12. The topological polar surface area (TPSA) is 60.5 Å². The Hall–Kier alpha value is -2.60. The van der Waals surface area contributed by atoms with Crippen molar-refractivity contribution in [1.82, 2.24) is 4.98 Å². The molecule has 0 spiro atoms. The predicted molar refractivity (Wildman–Crippen MR) is 84.9 cm³/mol. The van der Waals surface area contributed by atoms with Gasteiger partial charge in [0, 0.05) is 17.7 Å². The van der Waals surface area contributed by atoms with E-state index in [0.717, 1.165) is 15.8 Å². The van der Waals surface area contributed by atoms with Crippen LogP contribution in [-0.2, 0) is 0 Å². The summed E-state index contributed by atoms with van der Waals surface area (Å²) < 4.78 is 11.6. The van der Waals surface area contributed by atoms with Gasteiger partial charge in [-0.1, -0.05) is 29.5 Å². The van der Waals surface area contributed by atoms with Crippen LogP contribution in [0.5, 0.6) is 11.5 Å². The van der Waals surface area contributed by atoms with Crippen LogP contribution in [0.25, 0.3) is 10.2 Å². The number of nitrogens with zero attached hydrogens (tertiary/aromatic N) is 1. The summed E-state index contributed by atoms with van der Waals surface area (Å²) in [6, 6.07) is 11.2. The van der Waals surface area contributed by atoms with Gasteiger partial charge in [0.25, 0.3) is 5.91 Å². The number of ether oxygens (including phenoxy) is 2. The molecule has 6 heteroatoms. The highest BCUT2D eigenvalue weighted by molar-refractivity contribution is 7.22. The third-order valence-electron chi connectivity index (χ3n) is 3.49. The molecule has 0 bridgehead atoms. The maximum Gasteiger partial charge on any atom is 0.257 e. The number of thiazole rings is 1. The highest BCUT2D eigenvalue weighted by Crippen LogP contribution is 2.39. The average Bonchev–Trinajstić information content (AvgIpc) is 3.09. The fraction of sp³-hybridized carbons (Fsp3) is 0.125. The van der Waals surface area contributed by atoms with Gasteiger partial charge in [-0.3, -0.25) is 10.1 Å². The first-order valence-electron chi connectivity index (χ1n) is 6.78. The first kappa shape index (κ1) is 13.1. The number of rotatable bonds is 2. The number of nitrogens with one attached hydrogen (secondary N) is 1. The Morgan fingerprint density at radius 1 is 1.23 bits per heavy atom. The first-order chi connectivity index (χ1) is 10.7. The second-order valence-electron chi connectivity index (χ2n) is 4.96. The number of aromatic nitrogens is 1. The van der Waals surface area contributed by atoms with E-state index >= 15 is 0 Å². The molecule has 0 aliphatic carbocycles. The third-order valence-corrected chi connectivity index (χ3v) is 4.43. The van der Waals surface area contributed by atoms with E-state index < -0.39 is 0 Å². The Kier molecular flexibility index (Phi) is 2.97. The van der Waals surface area contributed by atoms with Crippen LogP contribution in [0.3, 0.4) is 0 Å². The van der Waals surface area contributed by atoms with E-state index in [2.05, 4.69) is 10.3 Å². The standard InChI is InChI=1S/C16H12N2O3S/c1-9-4-2-3-5-10(9)15(19)18-16-17-11-6-12-13(21-8-20-12)7-14(11)22-16/h2-7H,8H2,1H3,(H,17,18,19). The number of carbonyl (C=O) groups excluding carboxylic acids is 1. The normalized spacial score (nSPS) is 12.6. The molecule has 0 fully saturated rings. The zero-order valence-corrected chi connectivity index (χ0v) is 12.6. The lowest BCUT2D eigenvalue weighted by Gasteiger charge is -2.04. The van der Waals surface area contributed by atoms with Gasteiger partial charge < -0.3 is 9.47 Å². The molecule has 1 N–H and O–H groups in total. The van der Waals surface area contributed by atoms with Gasteiger partial charge in [0.15, 0.2) is 16.6 Å². The smallest absolute Gasteiger partial charge is 0.257 e. The Balaban J connectivity index is 1.65. The van der Waals surface area contributed by atoms with Crippen molar-refractivity contribution >= 4 is 32.6 Å². The van der Waals surface area contributed by atoms with Gasteiger partial charge in [-0.25, -0.2) is 4.98 Å². The summed E-state index contributed by atoms with van der Waals surface area (Å²) in [5.41, 5.74) is 2.37. The van der Waals surface area contributed by atoms with Crippen molar-refractivity contribution in [3.8, 4) is 11.5 Å². The third kappa shape index (κ3) is 2.17. The van der Waals surface area contributed by atoms with Crippen molar-refractivity contribution in [3.05, 3.63) is 47.5 Å². The van der Waals surface area contributed by atoms with Gasteiger partial charge in [-0.05, 0) is 18.6 Å². The zero-order chi connectivity index (χ0) is 15.1. The summed E-state index contributed by atoms with van der Waals surface area (Å²) in [5.74, 6) is 1.25. The van der Waals surface area contributed by atoms with Crippen molar-refractivity contribution in [2.24, 2.45) is 0 Å². The molecule has 0 saturated carbocycles. The monoisotopic (exact) mass is 312 g/mol. The average molecular weight is 312 g/mol. The molecule has 2 heterocycles. The molecule has 110 valence electrons. The number of carbonyl (C=O) groups is 1. The van der Waals surface area contributed by atoms with E-state index in [1.165, 1.54) is 11.3 Å². The molecule has 0 saturated heterocycles. The Morgan fingerprint density at radius 3 is 2.82 bits per heavy atom. The van der Waals surface area contributed by atoms with Gasteiger partial charge in [0.2, 0.25) is 6.79 Å². The molecule has 1 aliphatic heterocycles. The second kappa shape index (κ2) is 4.99. The molecule has 3 aromatic rings. The van der Waals surface area contributed by atoms with Crippen LogP contribution in [0.2, 0.25) is 0 Å². The number of amides is 1. The number of hydrogen-bond donors (Lipinski definition) is 1. The minimum atomic E-state index is -0.155. The molecule has 1 aromatic heterocycles. The number of anilines is 1. The highest BCUT2D eigenvalue weighted by atomic mass is 32.1. The van der Waals surface area contributed by atoms with E-state index in [0.29, 0.717) is 22.2 Å². The molecule has 22 heavy (non-hydrogen) atoms. The first-order valence-corrected chi connectivity index (χ1v) is 7.59. The van der Waals surface area contributed by atoms with E-state index in [4.69, 9.17) is 9.47 Å².